The summed E-state index contributed by atoms with van der Waals surface area (Å²) in [6.07, 6.45) is 7.75. The summed E-state index contributed by atoms with van der Waals surface area (Å²) in [5, 5.41) is 12.3. The normalized spacial score (nSPS) is 20.7. The van der Waals surface area contributed by atoms with Crippen molar-refractivity contribution in [1.29, 1.82) is 0 Å². The van der Waals surface area contributed by atoms with Crippen LogP contribution in [0.3, 0.4) is 0 Å². The Kier molecular flexibility index (Phi) is 7.31. The van der Waals surface area contributed by atoms with Gasteiger partial charge in [-0.3, -0.25) is 0 Å². The van der Waals surface area contributed by atoms with E-state index in [9.17, 15) is 0 Å². The smallest absolute Gasteiger partial charge is 0.194 e. The molecule has 1 saturated heterocycles. The van der Waals surface area contributed by atoms with Gasteiger partial charge in [0.1, 0.15) is 12.4 Å². The first-order valence-corrected chi connectivity index (χ1v) is 12.3. The van der Waals surface area contributed by atoms with Gasteiger partial charge in [0.15, 0.2) is 11.8 Å². The van der Waals surface area contributed by atoms with Crippen LogP contribution >= 0.6 is 11.8 Å². The van der Waals surface area contributed by atoms with Crippen LogP contribution < -0.4 is 5.32 Å². The maximum absolute atomic E-state index is 5.00. The molecular weight excluding hydrogens is 392 g/mol. The number of rotatable bonds is 6. The summed E-state index contributed by atoms with van der Waals surface area (Å²) in [5.74, 6) is 4.78. The minimum Gasteiger partial charge on any atom is -0.353 e. The number of aromatic nitrogens is 3. The van der Waals surface area contributed by atoms with Crippen LogP contribution in [0.25, 0.3) is 0 Å². The molecule has 7 heteroatoms. The Morgan fingerprint density at radius 2 is 1.93 bits per heavy atom. The van der Waals surface area contributed by atoms with Gasteiger partial charge < -0.3 is 14.8 Å². The molecule has 4 rings (SSSR count). The molecule has 1 unspecified atom stereocenters. The molecular formula is C23H34N6S. The van der Waals surface area contributed by atoms with E-state index >= 15 is 0 Å². The molecule has 162 valence electrons. The van der Waals surface area contributed by atoms with Crippen LogP contribution in [0.4, 0.5) is 0 Å². The van der Waals surface area contributed by atoms with Gasteiger partial charge >= 0.3 is 0 Å². The van der Waals surface area contributed by atoms with E-state index in [1.54, 1.807) is 0 Å². The van der Waals surface area contributed by atoms with Crippen molar-refractivity contribution >= 4 is 17.7 Å². The van der Waals surface area contributed by atoms with Crippen LogP contribution in [0.2, 0.25) is 0 Å². The second kappa shape index (κ2) is 10.3. The number of thioether (sulfide) groups is 1. The molecule has 6 nitrogen and oxygen atoms in total. The van der Waals surface area contributed by atoms with Crippen molar-refractivity contribution in [2.45, 2.75) is 62.9 Å². The number of hydrogen-bond acceptors (Lipinski definition) is 4. The van der Waals surface area contributed by atoms with E-state index in [-0.39, 0.29) is 0 Å². The fourth-order valence-corrected chi connectivity index (χ4v) is 5.34. The fraction of sp³-hybridized carbons (Fsp3) is 0.609. The maximum atomic E-state index is 5.00. The highest BCUT2D eigenvalue weighted by Crippen LogP contribution is 2.26. The second-order valence-electron chi connectivity index (χ2n) is 8.57. The third kappa shape index (κ3) is 5.56. The zero-order valence-electron chi connectivity index (χ0n) is 18.3. The summed E-state index contributed by atoms with van der Waals surface area (Å²) in [7, 11) is 2.01. The fourth-order valence-electron chi connectivity index (χ4n) is 4.29. The number of nitrogens with one attached hydrogen (secondary N) is 1. The van der Waals surface area contributed by atoms with Crippen LogP contribution in [-0.4, -0.2) is 50.5 Å². The first-order chi connectivity index (χ1) is 14.7. The summed E-state index contributed by atoms with van der Waals surface area (Å²) in [6.45, 7) is 4.72. The van der Waals surface area contributed by atoms with E-state index in [2.05, 4.69) is 50.7 Å². The largest absolute Gasteiger partial charge is 0.353 e. The molecule has 2 aromatic rings. The first-order valence-electron chi connectivity index (χ1n) is 11.3. The number of guanidine groups is 1. The minimum atomic E-state index is 0.552. The van der Waals surface area contributed by atoms with Gasteiger partial charge in [0, 0.05) is 36.8 Å². The molecule has 1 N–H and O–H groups in total. The van der Waals surface area contributed by atoms with Crippen molar-refractivity contribution in [2.24, 2.45) is 18.0 Å². The van der Waals surface area contributed by atoms with Crippen LogP contribution in [0.15, 0.2) is 40.2 Å². The number of aryl methyl sites for hydroxylation is 1. The summed E-state index contributed by atoms with van der Waals surface area (Å²) in [6, 6.07) is 11.3. The zero-order chi connectivity index (χ0) is 20.8. The molecule has 0 bridgehead atoms. The first kappa shape index (κ1) is 21.2. The lowest BCUT2D eigenvalue weighted by Crippen LogP contribution is -2.46. The molecule has 2 aliphatic rings. The molecule has 2 heterocycles. The summed E-state index contributed by atoms with van der Waals surface area (Å²) < 4.78 is 2.03. The average molecular weight is 427 g/mol. The van der Waals surface area contributed by atoms with Crippen molar-refractivity contribution in [3.8, 4) is 0 Å². The van der Waals surface area contributed by atoms with E-state index in [1.165, 1.54) is 49.2 Å². The SMILES string of the molecule is Cc1nnc(CN=C(NC2CCCCC2)N2CCC(CSc3ccccc3)C2)n1C. The predicted octanol–water partition coefficient (Wildman–Crippen LogP) is 4.02. The van der Waals surface area contributed by atoms with E-state index in [4.69, 9.17) is 4.99 Å². The van der Waals surface area contributed by atoms with Crippen LogP contribution in [0.5, 0.6) is 0 Å². The third-order valence-corrected chi connectivity index (χ3v) is 7.55. The standard InChI is InChI=1S/C23H34N6S/c1-18-26-27-22(28(18)2)15-24-23(25-20-9-5-3-6-10-20)29-14-13-19(16-29)17-30-21-11-7-4-8-12-21/h4,7-8,11-12,19-20H,3,5-6,9-10,13-17H2,1-2H3,(H,24,25). The Hall–Kier alpha value is -2.02. The Bertz CT molecular complexity index is 827. The van der Waals surface area contributed by atoms with Crippen molar-refractivity contribution in [3.05, 3.63) is 42.0 Å². The van der Waals surface area contributed by atoms with Gasteiger partial charge in [0.05, 0.1) is 0 Å². The van der Waals surface area contributed by atoms with Crippen molar-refractivity contribution in [2.75, 3.05) is 18.8 Å². The van der Waals surface area contributed by atoms with Gasteiger partial charge in [-0.05, 0) is 44.2 Å². The molecule has 30 heavy (non-hydrogen) atoms. The van der Waals surface area contributed by atoms with Gasteiger partial charge in [0.2, 0.25) is 0 Å². The monoisotopic (exact) mass is 426 g/mol. The lowest BCUT2D eigenvalue weighted by Gasteiger charge is -2.29. The van der Waals surface area contributed by atoms with Crippen molar-refractivity contribution in [3.63, 3.8) is 0 Å². The number of benzene rings is 1. The maximum Gasteiger partial charge on any atom is 0.194 e. The third-order valence-electron chi connectivity index (χ3n) is 6.31. The van der Waals surface area contributed by atoms with Gasteiger partial charge in [-0.25, -0.2) is 4.99 Å². The Morgan fingerprint density at radius 3 is 2.67 bits per heavy atom. The van der Waals surface area contributed by atoms with E-state index in [0.717, 1.165) is 30.7 Å². The summed E-state index contributed by atoms with van der Waals surface area (Å²) >= 11 is 1.97. The molecule has 1 saturated carbocycles. The molecule has 0 spiro atoms. The molecule has 1 aromatic carbocycles. The van der Waals surface area contributed by atoms with Crippen molar-refractivity contribution in [1.82, 2.24) is 25.0 Å². The highest BCUT2D eigenvalue weighted by atomic mass is 32.2. The van der Waals surface area contributed by atoms with Gasteiger partial charge in [-0.15, -0.1) is 22.0 Å². The molecule has 1 atom stereocenters. The van der Waals surface area contributed by atoms with Gasteiger partial charge in [-0.1, -0.05) is 37.5 Å². The molecule has 2 fully saturated rings. The highest BCUT2D eigenvalue weighted by molar-refractivity contribution is 7.99. The lowest BCUT2D eigenvalue weighted by molar-refractivity contribution is 0.386. The number of nitrogens with zero attached hydrogens (tertiary/aromatic N) is 5. The van der Waals surface area contributed by atoms with Crippen LogP contribution in [0.1, 0.15) is 50.2 Å². The van der Waals surface area contributed by atoms with E-state index in [0.29, 0.717) is 18.5 Å². The Labute approximate surface area is 184 Å². The van der Waals surface area contributed by atoms with Crippen LogP contribution in [-0.2, 0) is 13.6 Å². The second-order valence-corrected chi connectivity index (χ2v) is 9.66. The molecule has 1 aliphatic heterocycles. The quantitative estimate of drug-likeness (QED) is 0.430. The van der Waals surface area contributed by atoms with Gasteiger partial charge in [-0.2, -0.15) is 0 Å². The number of hydrogen-bond donors (Lipinski definition) is 1. The van der Waals surface area contributed by atoms with E-state index in [1.807, 2.05) is 30.3 Å². The number of aliphatic imine (C=N–C) groups is 1. The van der Waals surface area contributed by atoms with E-state index < -0.39 is 0 Å². The number of likely N-dealkylation sites (tertiary alicyclic amines) is 1. The minimum absolute atomic E-state index is 0.552. The topological polar surface area (TPSA) is 58.3 Å². The summed E-state index contributed by atoms with van der Waals surface area (Å²) in [4.78, 5) is 8.83. The predicted molar refractivity (Wildman–Crippen MR) is 124 cm³/mol. The highest BCUT2D eigenvalue weighted by Gasteiger charge is 2.27. The van der Waals surface area contributed by atoms with Crippen LogP contribution in [0, 0.1) is 12.8 Å². The molecule has 1 aromatic heterocycles. The molecule has 0 amide bonds. The zero-order valence-corrected chi connectivity index (χ0v) is 19.1. The average Bonchev–Trinajstić information content (AvgIpc) is 3.38. The summed E-state index contributed by atoms with van der Waals surface area (Å²) in [5.41, 5.74) is 0. The molecule has 1 aliphatic carbocycles. The Balaban J connectivity index is 1.39. The molecule has 0 radical (unpaired) electrons. The van der Waals surface area contributed by atoms with Gasteiger partial charge in [0.25, 0.3) is 0 Å². The lowest BCUT2D eigenvalue weighted by atomic mass is 9.96. The Morgan fingerprint density at radius 1 is 1.13 bits per heavy atom. The van der Waals surface area contributed by atoms with Crippen molar-refractivity contribution < 1.29 is 0 Å².